The lowest BCUT2D eigenvalue weighted by atomic mass is 10.1. The second kappa shape index (κ2) is 7.68. The van der Waals surface area contributed by atoms with Gasteiger partial charge in [-0.25, -0.2) is 4.98 Å². The van der Waals surface area contributed by atoms with Gasteiger partial charge < -0.3 is 9.88 Å². The minimum atomic E-state index is 0.921. The summed E-state index contributed by atoms with van der Waals surface area (Å²) >= 11 is 0. The molecule has 0 atom stereocenters. The predicted molar refractivity (Wildman–Crippen MR) is 105 cm³/mol. The van der Waals surface area contributed by atoms with Gasteiger partial charge in [0.2, 0.25) is 0 Å². The van der Waals surface area contributed by atoms with E-state index in [4.69, 9.17) is 0 Å². The van der Waals surface area contributed by atoms with Crippen LogP contribution in [0.25, 0.3) is 10.9 Å². The molecule has 0 aliphatic heterocycles. The number of nitrogens with zero attached hydrogens (tertiary/aromatic N) is 3. The van der Waals surface area contributed by atoms with E-state index in [1.54, 1.807) is 0 Å². The Bertz CT molecular complexity index is 826. The molecule has 1 fully saturated rings. The highest BCUT2D eigenvalue weighted by atomic mass is 15.0. The van der Waals surface area contributed by atoms with E-state index in [9.17, 15) is 0 Å². The SMILES string of the molecule is CC.Cc1cncc(C)c1Nc1nccc2c1ccn2CCC1CC1. The van der Waals surface area contributed by atoms with E-state index in [0.29, 0.717) is 0 Å². The molecule has 4 nitrogen and oxygen atoms in total. The maximum atomic E-state index is 4.56. The first-order valence-electron chi connectivity index (χ1n) is 9.34. The highest BCUT2D eigenvalue weighted by Gasteiger charge is 2.21. The molecule has 25 heavy (non-hydrogen) atoms. The van der Waals surface area contributed by atoms with Crippen LogP contribution in [0.3, 0.4) is 0 Å². The first-order chi connectivity index (χ1) is 12.2. The van der Waals surface area contributed by atoms with E-state index in [-0.39, 0.29) is 0 Å². The summed E-state index contributed by atoms with van der Waals surface area (Å²) < 4.78 is 2.35. The summed E-state index contributed by atoms with van der Waals surface area (Å²) in [7, 11) is 0. The van der Waals surface area contributed by atoms with Crippen molar-refractivity contribution in [2.24, 2.45) is 5.92 Å². The Kier molecular flexibility index (Phi) is 5.37. The lowest BCUT2D eigenvalue weighted by Crippen LogP contribution is -2.00. The fourth-order valence-electron chi connectivity index (χ4n) is 3.16. The molecular weight excluding hydrogens is 308 g/mol. The summed E-state index contributed by atoms with van der Waals surface area (Å²) in [4.78, 5) is 8.80. The van der Waals surface area contributed by atoms with Crippen LogP contribution < -0.4 is 5.32 Å². The number of nitrogens with one attached hydrogen (secondary N) is 1. The van der Waals surface area contributed by atoms with E-state index in [2.05, 4.69) is 52.0 Å². The number of rotatable bonds is 5. The lowest BCUT2D eigenvalue weighted by Gasteiger charge is -2.12. The second-order valence-electron chi connectivity index (χ2n) is 6.61. The van der Waals surface area contributed by atoms with Crippen molar-refractivity contribution in [3.8, 4) is 0 Å². The Balaban J connectivity index is 0.000000880. The van der Waals surface area contributed by atoms with Gasteiger partial charge >= 0.3 is 0 Å². The zero-order valence-electron chi connectivity index (χ0n) is 15.7. The quantitative estimate of drug-likeness (QED) is 0.657. The van der Waals surface area contributed by atoms with Crippen LogP contribution in [0.5, 0.6) is 0 Å². The van der Waals surface area contributed by atoms with Gasteiger partial charge in [0, 0.05) is 42.4 Å². The molecule has 0 amide bonds. The van der Waals surface area contributed by atoms with E-state index >= 15 is 0 Å². The van der Waals surface area contributed by atoms with Crippen molar-refractivity contribution in [2.75, 3.05) is 5.32 Å². The van der Waals surface area contributed by atoms with Crippen molar-refractivity contribution >= 4 is 22.4 Å². The van der Waals surface area contributed by atoms with Crippen LogP contribution in [-0.2, 0) is 6.54 Å². The summed E-state index contributed by atoms with van der Waals surface area (Å²) in [6.45, 7) is 9.25. The maximum absolute atomic E-state index is 4.56. The van der Waals surface area contributed by atoms with Gasteiger partial charge in [0.25, 0.3) is 0 Å². The molecular formula is C21H28N4. The molecule has 3 aromatic heterocycles. The standard InChI is InChI=1S/C19H22N4.C2H6/c1-13-11-20-12-14(2)18(13)22-19-16-7-10-23(9-6-15-3-4-15)17(16)5-8-21-19;1-2/h5,7-8,10-12,15H,3-4,6,9H2,1-2H3,(H,20,21,22);1-2H3. The summed E-state index contributed by atoms with van der Waals surface area (Å²) in [5, 5.41) is 4.69. The molecule has 1 N–H and O–H groups in total. The van der Waals surface area contributed by atoms with E-state index in [1.165, 1.54) is 30.2 Å². The fraction of sp³-hybridized carbons (Fsp3) is 0.429. The monoisotopic (exact) mass is 336 g/mol. The van der Waals surface area contributed by atoms with Crippen LogP contribution in [0.2, 0.25) is 0 Å². The third-order valence-electron chi connectivity index (χ3n) is 4.74. The molecule has 3 heterocycles. The van der Waals surface area contributed by atoms with Crippen LogP contribution >= 0.6 is 0 Å². The van der Waals surface area contributed by atoms with E-state index in [1.807, 2.05) is 32.4 Å². The van der Waals surface area contributed by atoms with Gasteiger partial charge in [0.15, 0.2) is 0 Å². The van der Waals surface area contributed by atoms with Crippen molar-refractivity contribution in [3.05, 3.63) is 48.0 Å². The van der Waals surface area contributed by atoms with Crippen LogP contribution in [0.1, 0.15) is 44.2 Å². The molecule has 0 aromatic carbocycles. The summed E-state index contributed by atoms with van der Waals surface area (Å²) in [5.74, 6) is 1.87. The van der Waals surface area contributed by atoms with Crippen LogP contribution in [-0.4, -0.2) is 14.5 Å². The topological polar surface area (TPSA) is 42.7 Å². The average molecular weight is 336 g/mol. The molecule has 4 heteroatoms. The summed E-state index contributed by atoms with van der Waals surface area (Å²) in [6.07, 6.45) is 12.0. The van der Waals surface area contributed by atoms with Crippen molar-refractivity contribution in [1.82, 2.24) is 14.5 Å². The van der Waals surface area contributed by atoms with Crippen molar-refractivity contribution in [2.45, 2.75) is 53.5 Å². The van der Waals surface area contributed by atoms with Crippen molar-refractivity contribution in [1.29, 1.82) is 0 Å². The van der Waals surface area contributed by atoms with Gasteiger partial charge in [-0.05, 0) is 49.4 Å². The van der Waals surface area contributed by atoms with Crippen molar-refractivity contribution < 1.29 is 0 Å². The number of hydrogen-bond donors (Lipinski definition) is 1. The third-order valence-corrected chi connectivity index (χ3v) is 4.74. The second-order valence-corrected chi connectivity index (χ2v) is 6.61. The Morgan fingerprint density at radius 3 is 2.52 bits per heavy atom. The lowest BCUT2D eigenvalue weighted by molar-refractivity contribution is 0.611. The number of aromatic nitrogens is 3. The Morgan fingerprint density at radius 1 is 1.12 bits per heavy atom. The first-order valence-corrected chi connectivity index (χ1v) is 9.34. The fourth-order valence-corrected chi connectivity index (χ4v) is 3.16. The molecule has 4 rings (SSSR count). The zero-order valence-corrected chi connectivity index (χ0v) is 15.7. The van der Waals surface area contributed by atoms with Gasteiger partial charge in [-0.2, -0.15) is 0 Å². The van der Waals surface area contributed by atoms with Crippen LogP contribution in [0.15, 0.2) is 36.9 Å². The summed E-state index contributed by atoms with van der Waals surface area (Å²) in [5.41, 5.74) is 4.63. The Hall–Kier alpha value is -2.36. The average Bonchev–Trinajstić information content (AvgIpc) is 3.37. The number of fused-ring (bicyclic) bond motifs is 1. The molecule has 0 unspecified atom stereocenters. The molecule has 0 radical (unpaired) electrons. The highest BCUT2D eigenvalue weighted by molar-refractivity contribution is 5.92. The van der Waals surface area contributed by atoms with Crippen molar-refractivity contribution in [3.63, 3.8) is 0 Å². The predicted octanol–water partition coefficient (Wildman–Crippen LogP) is 5.62. The molecule has 1 aliphatic carbocycles. The molecule has 3 aromatic rings. The number of hydrogen-bond acceptors (Lipinski definition) is 3. The zero-order chi connectivity index (χ0) is 17.8. The molecule has 0 saturated heterocycles. The molecule has 0 bridgehead atoms. The minimum Gasteiger partial charge on any atom is -0.347 e. The maximum Gasteiger partial charge on any atom is 0.139 e. The van der Waals surface area contributed by atoms with Gasteiger partial charge in [0.05, 0.1) is 5.52 Å². The number of aryl methyl sites for hydroxylation is 3. The van der Waals surface area contributed by atoms with Gasteiger partial charge in [-0.15, -0.1) is 0 Å². The highest BCUT2D eigenvalue weighted by Crippen LogP contribution is 2.34. The summed E-state index contributed by atoms with van der Waals surface area (Å²) in [6, 6.07) is 4.28. The van der Waals surface area contributed by atoms with Crippen LogP contribution in [0, 0.1) is 19.8 Å². The largest absolute Gasteiger partial charge is 0.347 e. The Morgan fingerprint density at radius 2 is 1.84 bits per heavy atom. The van der Waals surface area contributed by atoms with Gasteiger partial charge in [-0.1, -0.05) is 26.7 Å². The van der Waals surface area contributed by atoms with Crippen LogP contribution in [0.4, 0.5) is 11.5 Å². The van der Waals surface area contributed by atoms with E-state index < -0.39 is 0 Å². The number of pyridine rings is 2. The van der Waals surface area contributed by atoms with Gasteiger partial charge in [0.1, 0.15) is 5.82 Å². The molecule has 1 aliphatic rings. The van der Waals surface area contributed by atoms with E-state index in [0.717, 1.165) is 35.1 Å². The normalized spacial score (nSPS) is 13.4. The molecule has 0 spiro atoms. The smallest absolute Gasteiger partial charge is 0.139 e. The first kappa shape index (κ1) is 17.5. The minimum absolute atomic E-state index is 0.921. The third kappa shape index (κ3) is 3.84. The molecule has 1 saturated carbocycles. The Labute approximate surface area is 150 Å². The number of anilines is 2. The molecule has 132 valence electrons. The van der Waals surface area contributed by atoms with Gasteiger partial charge in [-0.3, -0.25) is 4.98 Å².